The number of benzene rings is 1. The molecule has 0 saturated heterocycles. The first kappa shape index (κ1) is 21.3. The second kappa shape index (κ2) is 9.39. The molecular weight excluding hydrogens is 380 g/mol. The molecule has 0 fully saturated rings. The molecule has 158 valence electrons. The number of rotatable bonds is 8. The number of aromatic amines is 1. The molecule has 0 spiro atoms. The quantitative estimate of drug-likeness (QED) is 0.533. The Morgan fingerprint density at radius 1 is 1.13 bits per heavy atom. The molecule has 2 amide bonds. The number of carbonyl (C=O) groups excluding carboxylic acids is 2. The number of hydrogen-bond acceptors (Lipinski definition) is 4. The number of anilines is 1. The molecular formula is C22H28N6O2. The molecule has 2 heterocycles. The van der Waals surface area contributed by atoms with E-state index in [-0.39, 0.29) is 17.7 Å². The molecule has 0 radical (unpaired) electrons. The maximum atomic E-state index is 12.7. The summed E-state index contributed by atoms with van der Waals surface area (Å²) >= 11 is 0. The van der Waals surface area contributed by atoms with Crippen LogP contribution in [0.4, 0.5) is 5.82 Å². The average Bonchev–Trinajstić information content (AvgIpc) is 3.30. The van der Waals surface area contributed by atoms with E-state index in [1.54, 1.807) is 24.4 Å². The second-order valence-corrected chi connectivity index (χ2v) is 7.90. The van der Waals surface area contributed by atoms with Gasteiger partial charge in [0.25, 0.3) is 5.91 Å². The standard InChI is InChI=1S/C22H28N6O2/c1-14(2)11-19(22(30)25-20-9-10-23-26-20)24-21(29)18-7-5-17(6-8-18)13-28-16(4)12-15(3)27-28/h5-10,12,14,19H,11,13H2,1-4H3,(H,24,29)(H2,23,25,26,30). The topological polar surface area (TPSA) is 105 Å². The zero-order chi connectivity index (χ0) is 21.7. The molecule has 0 aliphatic carbocycles. The Hall–Kier alpha value is -3.42. The van der Waals surface area contributed by atoms with E-state index in [0.717, 1.165) is 17.0 Å². The molecule has 1 unspecified atom stereocenters. The van der Waals surface area contributed by atoms with Gasteiger partial charge in [0, 0.05) is 17.3 Å². The van der Waals surface area contributed by atoms with Gasteiger partial charge in [0.2, 0.25) is 5.91 Å². The predicted molar refractivity (Wildman–Crippen MR) is 115 cm³/mol. The van der Waals surface area contributed by atoms with Gasteiger partial charge in [-0.2, -0.15) is 10.2 Å². The largest absolute Gasteiger partial charge is 0.340 e. The Kier molecular flexibility index (Phi) is 6.66. The van der Waals surface area contributed by atoms with Crippen molar-refractivity contribution < 1.29 is 9.59 Å². The van der Waals surface area contributed by atoms with Crippen LogP contribution >= 0.6 is 0 Å². The number of H-pyrrole nitrogens is 1. The number of nitrogens with zero attached hydrogens (tertiary/aromatic N) is 3. The Morgan fingerprint density at radius 3 is 2.43 bits per heavy atom. The molecule has 3 rings (SSSR count). The zero-order valence-corrected chi connectivity index (χ0v) is 17.8. The predicted octanol–water partition coefficient (Wildman–Crippen LogP) is 3.05. The van der Waals surface area contributed by atoms with Crippen LogP contribution in [0.25, 0.3) is 0 Å². The van der Waals surface area contributed by atoms with E-state index in [0.29, 0.717) is 24.3 Å². The van der Waals surface area contributed by atoms with Crippen LogP contribution in [-0.4, -0.2) is 37.8 Å². The first-order valence-electron chi connectivity index (χ1n) is 10.0. The van der Waals surface area contributed by atoms with Crippen LogP contribution in [0.1, 0.15) is 47.6 Å². The summed E-state index contributed by atoms with van der Waals surface area (Å²) in [6.07, 6.45) is 2.08. The summed E-state index contributed by atoms with van der Waals surface area (Å²) in [5, 5.41) is 16.6. The van der Waals surface area contributed by atoms with Crippen molar-refractivity contribution in [2.24, 2.45) is 5.92 Å². The number of amides is 2. The summed E-state index contributed by atoms with van der Waals surface area (Å²) in [6.45, 7) is 8.65. The summed E-state index contributed by atoms with van der Waals surface area (Å²) < 4.78 is 1.93. The Morgan fingerprint density at radius 2 is 1.87 bits per heavy atom. The zero-order valence-electron chi connectivity index (χ0n) is 17.8. The van der Waals surface area contributed by atoms with Crippen molar-refractivity contribution >= 4 is 17.6 Å². The maximum Gasteiger partial charge on any atom is 0.251 e. The van der Waals surface area contributed by atoms with Gasteiger partial charge in [-0.25, -0.2) is 0 Å². The van der Waals surface area contributed by atoms with Gasteiger partial charge in [-0.3, -0.25) is 19.4 Å². The molecule has 8 heteroatoms. The maximum absolute atomic E-state index is 12.7. The lowest BCUT2D eigenvalue weighted by molar-refractivity contribution is -0.118. The summed E-state index contributed by atoms with van der Waals surface area (Å²) in [5.41, 5.74) is 3.63. The van der Waals surface area contributed by atoms with E-state index in [1.165, 1.54) is 0 Å². The fourth-order valence-corrected chi connectivity index (χ4v) is 3.26. The van der Waals surface area contributed by atoms with E-state index >= 15 is 0 Å². The lowest BCUT2D eigenvalue weighted by Crippen LogP contribution is -2.44. The third-order valence-corrected chi connectivity index (χ3v) is 4.74. The Labute approximate surface area is 176 Å². The SMILES string of the molecule is Cc1cc(C)n(Cc2ccc(C(=O)NC(CC(C)C)C(=O)Nc3ccn[nH]3)cc2)n1. The molecule has 0 aliphatic rings. The third-order valence-electron chi connectivity index (χ3n) is 4.74. The number of nitrogens with one attached hydrogen (secondary N) is 3. The van der Waals surface area contributed by atoms with Gasteiger partial charge in [0.15, 0.2) is 0 Å². The number of aryl methyl sites for hydroxylation is 2. The average molecular weight is 409 g/mol. The van der Waals surface area contributed by atoms with Gasteiger partial charge in [-0.15, -0.1) is 0 Å². The van der Waals surface area contributed by atoms with Crippen LogP contribution in [-0.2, 0) is 11.3 Å². The fourth-order valence-electron chi connectivity index (χ4n) is 3.26. The minimum Gasteiger partial charge on any atom is -0.340 e. The molecule has 2 aromatic heterocycles. The molecule has 1 atom stereocenters. The number of carbonyl (C=O) groups is 2. The van der Waals surface area contributed by atoms with Crippen LogP contribution in [0.5, 0.6) is 0 Å². The van der Waals surface area contributed by atoms with Crippen LogP contribution in [0.3, 0.4) is 0 Å². The van der Waals surface area contributed by atoms with E-state index in [4.69, 9.17) is 0 Å². The summed E-state index contributed by atoms with van der Waals surface area (Å²) in [7, 11) is 0. The van der Waals surface area contributed by atoms with Crippen molar-refractivity contribution in [2.45, 2.75) is 46.7 Å². The lowest BCUT2D eigenvalue weighted by atomic mass is 10.0. The Balaban J connectivity index is 1.65. The van der Waals surface area contributed by atoms with Gasteiger partial charge in [-0.05, 0) is 49.9 Å². The van der Waals surface area contributed by atoms with Gasteiger partial charge in [-0.1, -0.05) is 26.0 Å². The number of hydrogen-bond donors (Lipinski definition) is 3. The highest BCUT2D eigenvalue weighted by atomic mass is 16.2. The lowest BCUT2D eigenvalue weighted by Gasteiger charge is -2.20. The smallest absolute Gasteiger partial charge is 0.251 e. The van der Waals surface area contributed by atoms with Gasteiger partial charge >= 0.3 is 0 Å². The van der Waals surface area contributed by atoms with Gasteiger partial charge in [0.1, 0.15) is 11.9 Å². The van der Waals surface area contributed by atoms with Crippen molar-refractivity contribution in [3.8, 4) is 0 Å². The van der Waals surface area contributed by atoms with Gasteiger partial charge in [0.05, 0.1) is 18.4 Å². The van der Waals surface area contributed by atoms with Gasteiger partial charge < -0.3 is 10.6 Å². The van der Waals surface area contributed by atoms with Crippen molar-refractivity contribution in [3.05, 3.63) is 65.1 Å². The summed E-state index contributed by atoms with van der Waals surface area (Å²) in [5.74, 6) is 0.183. The monoisotopic (exact) mass is 408 g/mol. The molecule has 0 saturated carbocycles. The van der Waals surface area contributed by atoms with E-state index in [1.807, 2.05) is 50.6 Å². The summed E-state index contributed by atoms with van der Waals surface area (Å²) in [4.78, 5) is 25.4. The van der Waals surface area contributed by atoms with Crippen LogP contribution < -0.4 is 10.6 Å². The summed E-state index contributed by atoms with van der Waals surface area (Å²) in [6, 6.07) is 10.4. The molecule has 3 N–H and O–H groups in total. The minimum absolute atomic E-state index is 0.242. The van der Waals surface area contributed by atoms with Crippen molar-refractivity contribution in [3.63, 3.8) is 0 Å². The highest BCUT2D eigenvalue weighted by Gasteiger charge is 2.23. The van der Waals surface area contributed by atoms with Crippen molar-refractivity contribution in [1.82, 2.24) is 25.3 Å². The molecule has 3 aromatic rings. The molecule has 30 heavy (non-hydrogen) atoms. The second-order valence-electron chi connectivity index (χ2n) is 7.90. The van der Waals surface area contributed by atoms with E-state index in [9.17, 15) is 9.59 Å². The van der Waals surface area contributed by atoms with Crippen molar-refractivity contribution in [2.75, 3.05) is 5.32 Å². The normalized spacial score (nSPS) is 12.0. The highest BCUT2D eigenvalue weighted by Crippen LogP contribution is 2.12. The third kappa shape index (κ3) is 5.56. The molecule has 1 aromatic carbocycles. The van der Waals surface area contributed by atoms with Crippen LogP contribution in [0, 0.1) is 19.8 Å². The molecule has 8 nitrogen and oxygen atoms in total. The molecule has 0 aliphatic heterocycles. The highest BCUT2D eigenvalue weighted by molar-refractivity contribution is 6.00. The first-order chi connectivity index (χ1) is 14.3. The van der Waals surface area contributed by atoms with E-state index < -0.39 is 6.04 Å². The fraction of sp³-hybridized carbons (Fsp3) is 0.364. The van der Waals surface area contributed by atoms with Crippen molar-refractivity contribution in [1.29, 1.82) is 0 Å². The first-order valence-corrected chi connectivity index (χ1v) is 10.0. The van der Waals surface area contributed by atoms with E-state index in [2.05, 4.69) is 25.9 Å². The van der Waals surface area contributed by atoms with Crippen LogP contribution in [0.15, 0.2) is 42.6 Å². The molecule has 0 bridgehead atoms. The number of aromatic nitrogens is 4. The van der Waals surface area contributed by atoms with Crippen LogP contribution in [0.2, 0.25) is 0 Å². The minimum atomic E-state index is -0.643. The Bertz CT molecular complexity index is 989.